The van der Waals surface area contributed by atoms with Gasteiger partial charge in [0.25, 0.3) is 0 Å². The van der Waals surface area contributed by atoms with Crippen molar-refractivity contribution in [1.29, 1.82) is 0 Å². The molecular formula is C20H24ClNO5S. The molecule has 1 atom stereocenters. The fourth-order valence-electron chi connectivity index (χ4n) is 3.64. The molecule has 1 aromatic carbocycles. The van der Waals surface area contributed by atoms with Crippen molar-refractivity contribution < 1.29 is 23.6 Å². The summed E-state index contributed by atoms with van der Waals surface area (Å²) in [6.07, 6.45) is 3.14. The van der Waals surface area contributed by atoms with Crippen molar-refractivity contribution in [1.82, 2.24) is 0 Å². The molecule has 1 aliphatic heterocycles. The van der Waals surface area contributed by atoms with E-state index >= 15 is 0 Å². The highest BCUT2D eigenvalue weighted by molar-refractivity contribution is 7.93. The summed E-state index contributed by atoms with van der Waals surface area (Å²) in [4.78, 5) is 25.3. The molecule has 0 amide bonds. The molecule has 0 saturated carbocycles. The molecule has 28 heavy (non-hydrogen) atoms. The first-order chi connectivity index (χ1) is 13.3. The second-order valence-corrected chi connectivity index (χ2v) is 10.3. The van der Waals surface area contributed by atoms with E-state index in [1.54, 1.807) is 0 Å². The number of carbonyl (C=O) groups excluding carboxylic acids is 2. The van der Waals surface area contributed by atoms with E-state index in [-0.39, 0.29) is 46.4 Å². The zero-order valence-electron chi connectivity index (χ0n) is 16.0. The van der Waals surface area contributed by atoms with E-state index in [0.717, 1.165) is 19.3 Å². The molecule has 0 radical (unpaired) electrons. The quantitative estimate of drug-likeness (QED) is 0.560. The minimum Gasteiger partial charge on any atom is -0.511 e. The fourth-order valence-corrected chi connectivity index (χ4v) is 6.19. The maximum atomic E-state index is 13.0. The monoisotopic (exact) mass is 425 g/mol. The number of aliphatic hydroxyl groups excluding tert-OH is 1. The average Bonchev–Trinajstić information content (AvgIpc) is 2.62. The standard InChI is InChI=1S/C20H24ClNO5S/c1-12-10-14(23)17(15(24)11-12)20(25)13-6-7-16(27-2)19(18(13)21)22-28(26)8-4-3-5-9-28/h6-7,12,23H,3-5,8-11H2,1-2H3. The molecule has 0 aromatic heterocycles. The number of allylic oxidation sites excluding steroid dienone is 2. The van der Waals surface area contributed by atoms with Gasteiger partial charge in [0.05, 0.1) is 21.9 Å². The number of hydrogen-bond donors (Lipinski definition) is 1. The van der Waals surface area contributed by atoms with E-state index in [4.69, 9.17) is 16.3 Å². The van der Waals surface area contributed by atoms with E-state index in [1.165, 1.54) is 19.2 Å². The summed E-state index contributed by atoms with van der Waals surface area (Å²) in [5, 5.41) is 10.2. The fraction of sp³-hybridized carbons (Fsp3) is 0.500. The van der Waals surface area contributed by atoms with Crippen LogP contribution in [-0.2, 0) is 14.5 Å². The SMILES string of the molecule is COc1ccc(C(=O)C2=C(O)CC(C)CC2=O)c(Cl)c1N=S1(=O)CCCCC1. The Kier molecular flexibility index (Phi) is 6.15. The number of methoxy groups -OCH3 is 1. The van der Waals surface area contributed by atoms with Gasteiger partial charge < -0.3 is 9.84 Å². The van der Waals surface area contributed by atoms with Crippen molar-refractivity contribution in [2.24, 2.45) is 10.3 Å². The Labute approximate surface area is 170 Å². The minimum atomic E-state index is -2.47. The van der Waals surface area contributed by atoms with Crippen LogP contribution < -0.4 is 4.74 Å². The van der Waals surface area contributed by atoms with E-state index in [9.17, 15) is 18.9 Å². The third-order valence-corrected chi connectivity index (χ3v) is 7.85. The number of halogens is 1. The number of benzene rings is 1. The smallest absolute Gasteiger partial charge is 0.201 e. The molecule has 1 N–H and O–H groups in total. The predicted octanol–water partition coefficient (Wildman–Crippen LogP) is 4.63. The summed E-state index contributed by atoms with van der Waals surface area (Å²) in [6.45, 7) is 1.84. The molecule has 3 rings (SSSR count). The molecule has 1 aliphatic carbocycles. The van der Waals surface area contributed by atoms with E-state index in [2.05, 4.69) is 4.36 Å². The van der Waals surface area contributed by atoms with Gasteiger partial charge in [-0.25, -0.2) is 4.21 Å². The normalized spacial score (nSPS) is 22.1. The van der Waals surface area contributed by atoms with Crippen molar-refractivity contribution in [3.63, 3.8) is 0 Å². The van der Waals surface area contributed by atoms with Crippen molar-refractivity contribution in [3.05, 3.63) is 34.1 Å². The van der Waals surface area contributed by atoms with Crippen LogP contribution in [0.1, 0.15) is 49.4 Å². The van der Waals surface area contributed by atoms with Crippen molar-refractivity contribution in [2.45, 2.75) is 39.0 Å². The lowest BCUT2D eigenvalue weighted by Gasteiger charge is -2.20. The van der Waals surface area contributed by atoms with Gasteiger partial charge in [0, 0.05) is 29.9 Å². The summed E-state index contributed by atoms with van der Waals surface area (Å²) in [7, 11) is -1.03. The van der Waals surface area contributed by atoms with E-state index < -0.39 is 21.3 Å². The Morgan fingerprint density at radius 1 is 1.25 bits per heavy atom. The Balaban J connectivity index is 2.10. The van der Waals surface area contributed by atoms with Crippen LogP contribution >= 0.6 is 11.6 Å². The average molecular weight is 426 g/mol. The van der Waals surface area contributed by atoms with E-state index in [1.807, 2.05) is 6.92 Å². The number of hydrogen-bond acceptors (Lipinski definition) is 6. The Morgan fingerprint density at radius 2 is 1.93 bits per heavy atom. The van der Waals surface area contributed by atoms with Gasteiger partial charge >= 0.3 is 0 Å². The van der Waals surface area contributed by atoms with Crippen LogP contribution in [0.25, 0.3) is 0 Å². The highest BCUT2D eigenvalue weighted by Gasteiger charge is 2.32. The van der Waals surface area contributed by atoms with Crippen molar-refractivity contribution in [2.75, 3.05) is 18.6 Å². The maximum Gasteiger partial charge on any atom is 0.201 e. The molecule has 1 fully saturated rings. The maximum absolute atomic E-state index is 13.0. The Hall–Kier alpha value is -1.86. The van der Waals surface area contributed by atoms with Crippen LogP contribution in [0.2, 0.25) is 5.02 Å². The third kappa shape index (κ3) is 4.10. The summed E-state index contributed by atoms with van der Waals surface area (Å²) in [5.41, 5.74) is -0.0129. The van der Waals surface area contributed by atoms with Crippen LogP contribution in [0.4, 0.5) is 5.69 Å². The predicted molar refractivity (Wildman–Crippen MR) is 109 cm³/mol. The number of rotatable bonds is 4. The summed E-state index contributed by atoms with van der Waals surface area (Å²) >= 11 is 6.48. The zero-order chi connectivity index (χ0) is 20.5. The number of nitrogens with zero attached hydrogens (tertiary/aromatic N) is 1. The summed E-state index contributed by atoms with van der Waals surface area (Å²) < 4.78 is 22.8. The molecule has 6 nitrogen and oxygen atoms in total. The van der Waals surface area contributed by atoms with Gasteiger partial charge in [0.2, 0.25) is 5.78 Å². The lowest BCUT2D eigenvalue weighted by molar-refractivity contribution is -0.116. The number of ketones is 2. The first-order valence-corrected chi connectivity index (χ1v) is 11.6. The molecule has 152 valence electrons. The lowest BCUT2D eigenvalue weighted by Crippen LogP contribution is -2.23. The van der Waals surface area contributed by atoms with Crippen LogP contribution in [0, 0.1) is 5.92 Å². The molecule has 1 unspecified atom stereocenters. The second kappa shape index (κ2) is 8.25. The molecule has 0 bridgehead atoms. The second-order valence-electron chi connectivity index (χ2n) is 7.40. The number of carbonyl (C=O) groups is 2. The molecule has 8 heteroatoms. The first kappa shape index (κ1) is 20.9. The van der Waals surface area contributed by atoms with Crippen molar-refractivity contribution >= 4 is 38.6 Å². The topological polar surface area (TPSA) is 93.0 Å². The van der Waals surface area contributed by atoms with Gasteiger partial charge in [0.1, 0.15) is 22.8 Å². The molecule has 2 aliphatic rings. The molecule has 0 spiro atoms. The highest BCUT2D eigenvalue weighted by Crippen LogP contribution is 2.41. The van der Waals surface area contributed by atoms with Crippen molar-refractivity contribution in [3.8, 4) is 5.75 Å². The minimum absolute atomic E-state index is 0.00984. The van der Waals surface area contributed by atoms with Crippen LogP contribution in [0.15, 0.2) is 27.8 Å². The number of aliphatic hydroxyl groups is 1. The zero-order valence-corrected chi connectivity index (χ0v) is 17.6. The van der Waals surface area contributed by atoms with Gasteiger partial charge in [-0.1, -0.05) is 24.9 Å². The van der Waals surface area contributed by atoms with E-state index in [0.29, 0.717) is 17.3 Å². The number of ether oxygens (including phenoxy) is 1. The largest absolute Gasteiger partial charge is 0.511 e. The van der Waals surface area contributed by atoms with Crippen LogP contribution in [-0.4, -0.2) is 39.5 Å². The van der Waals surface area contributed by atoms with Gasteiger partial charge in [0.15, 0.2) is 5.78 Å². The molecule has 1 saturated heterocycles. The van der Waals surface area contributed by atoms with Gasteiger partial charge in [-0.15, -0.1) is 0 Å². The highest BCUT2D eigenvalue weighted by atomic mass is 35.5. The Bertz CT molecular complexity index is 963. The molecule has 1 aromatic rings. The molecule has 1 heterocycles. The lowest BCUT2D eigenvalue weighted by atomic mass is 9.85. The van der Waals surface area contributed by atoms with Gasteiger partial charge in [-0.2, -0.15) is 4.36 Å². The first-order valence-electron chi connectivity index (χ1n) is 9.35. The third-order valence-electron chi connectivity index (χ3n) is 5.10. The van der Waals surface area contributed by atoms with Crippen LogP contribution in [0.5, 0.6) is 5.75 Å². The van der Waals surface area contributed by atoms with Gasteiger partial charge in [-0.3, -0.25) is 9.59 Å². The molecular weight excluding hydrogens is 402 g/mol. The number of Topliss-reactive ketones (excluding diaryl/α,β-unsaturated/α-hetero) is 2. The Morgan fingerprint density at radius 3 is 2.54 bits per heavy atom. The summed E-state index contributed by atoms with van der Waals surface area (Å²) in [5.74, 6) is 0.00648. The summed E-state index contributed by atoms with van der Waals surface area (Å²) in [6, 6.07) is 2.97. The van der Waals surface area contributed by atoms with Crippen LogP contribution in [0.3, 0.4) is 0 Å². The van der Waals surface area contributed by atoms with Gasteiger partial charge in [-0.05, 0) is 30.9 Å².